The van der Waals surface area contributed by atoms with E-state index >= 15 is 0 Å². The maximum Gasteiger partial charge on any atom is 0.267 e. The molecule has 1 aromatic carbocycles. The topological polar surface area (TPSA) is 50.3 Å². The first kappa shape index (κ1) is 15.1. The van der Waals surface area contributed by atoms with E-state index in [1.54, 1.807) is 17.8 Å². The van der Waals surface area contributed by atoms with E-state index < -0.39 is 10.0 Å². The summed E-state index contributed by atoms with van der Waals surface area (Å²) in [6.45, 7) is 0.410. The van der Waals surface area contributed by atoms with Crippen molar-refractivity contribution in [3.05, 3.63) is 46.2 Å². The number of sulfonamides is 1. The molecule has 0 radical (unpaired) electrons. The molecule has 0 N–H and O–H groups in total. The Labute approximate surface area is 140 Å². The molecular formula is C13H10BrClN2O2S2. The van der Waals surface area contributed by atoms with Crippen LogP contribution < -0.4 is 4.31 Å². The molecule has 8 heteroatoms. The minimum absolute atomic E-state index is 0.0141. The first-order valence-corrected chi connectivity index (χ1v) is 9.65. The Hall–Kier alpha value is -0.760. The molecule has 0 spiro atoms. The standard InChI is InChI=1S/C13H10BrClN2O2S2/c14-9-7-12(13(15)16-8-9)21(18,19)17-5-6-20-11-4-2-1-3-10(11)17/h1-4,7-8H,5-6H2. The molecule has 0 saturated heterocycles. The predicted octanol–water partition coefficient (Wildman–Crippen LogP) is 3.80. The number of para-hydroxylation sites is 1. The third-order valence-corrected chi connectivity index (χ3v) is 6.74. The predicted molar refractivity (Wildman–Crippen MR) is 88.6 cm³/mol. The molecule has 21 heavy (non-hydrogen) atoms. The van der Waals surface area contributed by atoms with Gasteiger partial charge in [-0.2, -0.15) is 0 Å². The maximum absolute atomic E-state index is 12.9. The van der Waals surface area contributed by atoms with Gasteiger partial charge in [0.2, 0.25) is 0 Å². The molecule has 1 aliphatic rings. The number of halogens is 2. The Bertz CT molecular complexity index is 799. The molecule has 0 unspecified atom stereocenters. The van der Waals surface area contributed by atoms with E-state index in [1.165, 1.54) is 16.6 Å². The number of anilines is 1. The third kappa shape index (κ3) is 2.79. The van der Waals surface area contributed by atoms with Crippen LogP contribution in [0.2, 0.25) is 5.15 Å². The van der Waals surface area contributed by atoms with Gasteiger partial charge in [-0.05, 0) is 34.1 Å². The van der Waals surface area contributed by atoms with E-state index in [4.69, 9.17) is 11.6 Å². The molecule has 0 fully saturated rings. The van der Waals surface area contributed by atoms with Crippen LogP contribution in [0, 0.1) is 0 Å². The minimum atomic E-state index is -3.73. The summed E-state index contributed by atoms with van der Waals surface area (Å²) in [6.07, 6.45) is 1.47. The van der Waals surface area contributed by atoms with Gasteiger partial charge in [0.1, 0.15) is 10.0 Å². The van der Waals surface area contributed by atoms with E-state index in [1.807, 2.05) is 18.2 Å². The smallest absolute Gasteiger partial charge is 0.264 e. The van der Waals surface area contributed by atoms with Crippen molar-refractivity contribution in [1.82, 2.24) is 4.98 Å². The van der Waals surface area contributed by atoms with Gasteiger partial charge in [0.15, 0.2) is 0 Å². The third-order valence-electron chi connectivity index (χ3n) is 3.03. The lowest BCUT2D eigenvalue weighted by Crippen LogP contribution is -2.35. The molecular weight excluding hydrogens is 396 g/mol. The van der Waals surface area contributed by atoms with Gasteiger partial charge in [-0.3, -0.25) is 4.31 Å². The molecule has 1 aliphatic heterocycles. The molecule has 2 heterocycles. The number of hydrogen-bond donors (Lipinski definition) is 0. The van der Waals surface area contributed by atoms with Crippen LogP contribution in [-0.4, -0.2) is 25.7 Å². The van der Waals surface area contributed by atoms with Gasteiger partial charge in [-0.15, -0.1) is 11.8 Å². The number of thioether (sulfide) groups is 1. The van der Waals surface area contributed by atoms with Crippen molar-refractivity contribution in [3.8, 4) is 0 Å². The Morgan fingerprint density at radius 1 is 1.33 bits per heavy atom. The van der Waals surface area contributed by atoms with Crippen LogP contribution in [0.5, 0.6) is 0 Å². The fraction of sp³-hybridized carbons (Fsp3) is 0.154. The minimum Gasteiger partial charge on any atom is -0.264 e. The summed E-state index contributed by atoms with van der Waals surface area (Å²) in [4.78, 5) is 4.87. The average molecular weight is 406 g/mol. The Kier molecular flexibility index (Phi) is 4.18. The second-order valence-corrected chi connectivity index (χ2v) is 8.58. The molecule has 1 aromatic heterocycles. The zero-order valence-electron chi connectivity index (χ0n) is 10.7. The Balaban J connectivity index is 2.14. The van der Waals surface area contributed by atoms with E-state index in [9.17, 15) is 8.42 Å². The number of fused-ring (bicyclic) bond motifs is 1. The van der Waals surface area contributed by atoms with Gasteiger partial charge in [0.05, 0.1) is 5.69 Å². The van der Waals surface area contributed by atoms with Crippen molar-refractivity contribution in [3.63, 3.8) is 0 Å². The van der Waals surface area contributed by atoms with Gasteiger partial charge >= 0.3 is 0 Å². The monoisotopic (exact) mass is 404 g/mol. The molecule has 3 rings (SSSR count). The largest absolute Gasteiger partial charge is 0.267 e. The highest BCUT2D eigenvalue weighted by Gasteiger charge is 2.31. The van der Waals surface area contributed by atoms with Crippen molar-refractivity contribution in [2.24, 2.45) is 0 Å². The number of rotatable bonds is 2. The van der Waals surface area contributed by atoms with Crippen LogP contribution in [0.15, 0.2) is 50.8 Å². The molecule has 0 amide bonds. The maximum atomic E-state index is 12.9. The summed E-state index contributed by atoms with van der Waals surface area (Å²) < 4.78 is 27.8. The van der Waals surface area contributed by atoms with Crippen LogP contribution in [0.3, 0.4) is 0 Å². The number of hydrogen-bond acceptors (Lipinski definition) is 4. The van der Waals surface area contributed by atoms with Crippen molar-refractivity contribution >= 4 is 55.0 Å². The second kappa shape index (κ2) is 5.79. The van der Waals surface area contributed by atoms with E-state index in [-0.39, 0.29) is 10.0 Å². The van der Waals surface area contributed by atoms with E-state index in [0.717, 1.165) is 4.90 Å². The van der Waals surface area contributed by atoms with Gasteiger partial charge in [0.25, 0.3) is 10.0 Å². The van der Waals surface area contributed by atoms with Crippen LogP contribution in [0.1, 0.15) is 0 Å². The summed E-state index contributed by atoms with van der Waals surface area (Å²) in [5, 5.41) is -0.0195. The molecule has 0 aliphatic carbocycles. The number of pyridine rings is 1. The lowest BCUT2D eigenvalue weighted by Gasteiger charge is -2.30. The van der Waals surface area contributed by atoms with Crippen LogP contribution in [0.25, 0.3) is 0 Å². The number of nitrogens with zero attached hydrogens (tertiary/aromatic N) is 2. The second-order valence-electron chi connectivity index (χ2n) is 4.34. The lowest BCUT2D eigenvalue weighted by atomic mass is 10.3. The first-order valence-electron chi connectivity index (χ1n) is 6.06. The first-order chi connectivity index (χ1) is 10.00. The van der Waals surface area contributed by atoms with Gasteiger partial charge in [-0.1, -0.05) is 23.7 Å². The van der Waals surface area contributed by atoms with Gasteiger partial charge in [0, 0.05) is 27.9 Å². The highest BCUT2D eigenvalue weighted by molar-refractivity contribution is 9.10. The fourth-order valence-electron chi connectivity index (χ4n) is 2.10. The van der Waals surface area contributed by atoms with E-state index in [2.05, 4.69) is 20.9 Å². The summed E-state index contributed by atoms with van der Waals surface area (Å²) in [5.41, 5.74) is 0.685. The zero-order chi connectivity index (χ0) is 15.0. The van der Waals surface area contributed by atoms with E-state index in [0.29, 0.717) is 22.5 Å². The molecule has 0 bridgehead atoms. The Morgan fingerprint density at radius 3 is 2.90 bits per heavy atom. The molecule has 0 saturated carbocycles. The SMILES string of the molecule is O=S(=O)(c1cc(Br)cnc1Cl)N1CCSc2ccccc21. The van der Waals surface area contributed by atoms with Crippen LogP contribution in [0.4, 0.5) is 5.69 Å². The van der Waals surface area contributed by atoms with Gasteiger partial charge < -0.3 is 0 Å². The van der Waals surface area contributed by atoms with Crippen molar-refractivity contribution in [2.75, 3.05) is 16.6 Å². The number of benzene rings is 1. The normalized spacial score (nSPS) is 14.9. The van der Waals surface area contributed by atoms with Crippen molar-refractivity contribution < 1.29 is 8.42 Å². The summed E-state index contributed by atoms with van der Waals surface area (Å²) >= 11 is 10.9. The molecule has 0 atom stereocenters. The zero-order valence-corrected chi connectivity index (χ0v) is 14.6. The van der Waals surface area contributed by atoms with Crippen molar-refractivity contribution in [1.29, 1.82) is 0 Å². The van der Waals surface area contributed by atoms with Crippen LogP contribution >= 0.6 is 39.3 Å². The highest BCUT2D eigenvalue weighted by atomic mass is 79.9. The highest BCUT2D eigenvalue weighted by Crippen LogP contribution is 2.38. The molecule has 2 aromatic rings. The number of aromatic nitrogens is 1. The molecule has 4 nitrogen and oxygen atoms in total. The molecule has 110 valence electrons. The van der Waals surface area contributed by atoms with Gasteiger partial charge in [-0.25, -0.2) is 13.4 Å². The van der Waals surface area contributed by atoms with Crippen molar-refractivity contribution in [2.45, 2.75) is 9.79 Å². The summed E-state index contributed by atoms with van der Waals surface area (Å²) in [6, 6.07) is 8.93. The quantitative estimate of drug-likeness (QED) is 0.713. The average Bonchev–Trinajstić information content (AvgIpc) is 2.49. The summed E-state index contributed by atoms with van der Waals surface area (Å²) in [7, 11) is -3.73. The fourth-order valence-corrected chi connectivity index (χ4v) is 5.67. The van der Waals surface area contributed by atoms with Crippen LogP contribution in [-0.2, 0) is 10.0 Å². The summed E-state index contributed by atoms with van der Waals surface area (Å²) in [5.74, 6) is 0.704. The Morgan fingerprint density at radius 2 is 2.10 bits per heavy atom. The lowest BCUT2D eigenvalue weighted by molar-refractivity contribution is 0.591.